The van der Waals surface area contributed by atoms with Gasteiger partial charge in [0.15, 0.2) is 0 Å². The van der Waals surface area contributed by atoms with Gasteiger partial charge in [-0.1, -0.05) is 18.2 Å². The van der Waals surface area contributed by atoms with Crippen LogP contribution in [-0.2, 0) is 4.74 Å². The first-order valence-corrected chi connectivity index (χ1v) is 6.01. The fourth-order valence-corrected chi connectivity index (χ4v) is 1.68. The van der Waals surface area contributed by atoms with Gasteiger partial charge in [-0.15, -0.1) is 0 Å². The number of hydrogen-bond donors (Lipinski definition) is 1. The van der Waals surface area contributed by atoms with E-state index in [1.165, 1.54) is 0 Å². The predicted molar refractivity (Wildman–Crippen MR) is 66.3 cm³/mol. The van der Waals surface area contributed by atoms with Crippen molar-refractivity contribution in [3.63, 3.8) is 0 Å². The Morgan fingerprint density at radius 2 is 1.95 bits per heavy atom. The topological polar surface area (TPSA) is 30.5 Å². The third kappa shape index (κ3) is 5.48. The molecule has 0 aliphatic heterocycles. The molecule has 0 spiro atoms. The van der Waals surface area contributed by atoms with Gasteiger partial charge >= 0.3 is 6.18 Å². The Kier molecular flexibility index (Phi) is 6.11. The van der Waals surface area contributed by atoms with Crippen LogP contribution < -0.4 is 10.1 Å². The van der Waals surface area contributed by atoms with Crippen molar-refractivity contribution in [2.75, 3.05) is 26.9 Å². The first-order chi connectivity index (χ1) is 8.98. The largest absolute Gasteiger partial charge is 0.494 e. The minimum Gasteiger partial charge on any atom is -0.494 e. The first kappa shape index (κ1) is 15.8. The smallest absolute Gasteiger partial charge is 0.411 e. The van der Waals surface area contributed by atoms with Crippen molar-refractivity contribution in [3.05, 3.63) is 29.8 Å². The Hall–Kier alpha value is -1.27. The molecule has 108 valence electrons. The minimum absolute atomic E-state index is 0.0693. The van der Waals surface area contributed by atoms with E-state index in [9.17, 15) is 13.2 Å². The van der Waals surface area contributed by atoms with Crippen LogP contribution in [0.1, 0.15) is 18.5 Å². The van der Waals surface area contributed by atoms with Crippen LogP contribution in [-0.4, -0.2) is 33.0 Å². The molecule has 19 heavy (non-hydrogen) atoms. The molecule has 0 fully saturated rings. The molecule has 1 unspecified atom stereocenters. The van der Waals surface area contributed by atoms with Crippen molar-refractivity contribution in [1.82, 2.24) is 5.32 Å². The molecule has 1 N–H and O–H groups in total. The number of hydrogen-bond acceptors (Lipinski definition) is 3. The van der Waals surface area contributed by atoms with Gasteiger partial charge in [0.25, 0.3) is 0 Å². The van der Waals surface area contributed by atoms with E-state index in [-0.39, 0.29) is 12.6 Å². The number of benzene rings is 1. The summed E-state index contributed by atoms with van der Waals surface area (Å²) in [6, 6.07) is 6.88. The second-order valence-electron chi connectivity index (χ2n) is 3.94. The second kappa shape index (κ2) is 7.35. The molecule has 0 aromatic heterocycles. The highest BCUT2D eigenvalue weighted by atomic mass is 19.4. The second-order valence-corrected chi connectivity index (χ2v) is 3.94. The van der Waals surface area contributed by atoms with E-state index in [1.54, 1.807) is 13.1 Å². The lowest BCUT2D eigenvalue weighted by Crippen LogP contribution is -2.26. The molecular weight excluding hydrogens is 259 g/mol. The average molecular weight is 277 g/mol. The number of alkyl halides is 3. The summed E-state index contributed by atoms with van der Waals surface area (Å²) >= 11 is 0. The molecule has 1 rings (SSSR count). The monoisotopic (exact) mass is 277 g/mol. The van der Waals surface area contributed by atoms with Crippen LogP contribution in [0.15, 0.2) is 24.3 Å². The van der Waals surface area contributed by atoms with E-state index in [4.69, 9.17) is 9.47 Å². The molecule has 0 aliphatic carbocycles. The summed E-state index contributed by atoms with van der Waals surface area (Å²) < 4.78 is 46.3. The molecule has 1 aromatic rings. The van der Waals surface area contributed by atoms with Crippen LogP contribution in [0.3, 0.4) is 0 Å². The van der Waals surface area contributed by atoms with Crippen molar-refractivity contribution in [3.8, 4) is 5.75 Å². The van der Waals surface area contributed by atoms with E-state index in [2.05, 4.69) is 5.32 Å². The Labute approximate surface area is 110 Å². The molecule has 0 saturated heterocycles. The van der Waals surface area contributed by atoms with Gasteiger partial charge in [0.2, 0.25) is 0 Å². The quantitative estimate of drug-likeness (QED) is 0.831. The molecule has 1 aromatic carbocycles. The van der Waals surface area contributed by atoms with Gasteiger partial charge in [-0.05, 0) is 20.0 Å². The molecule has 6 heteroatoms. The zero-order valence-corrected chi connectivity index (χ0v) is 11.0. The van der Waals surface area contributed by atoms with Crippen LogP contribution in [0.4, 0.5) is 13.2 Å². The average Bonchev–Trinajstić information content (AvgIpc) is 2.35. The molecule has 1 atom stereocenters. The predicted octanol–water partition coefficient (Wildman–Crippen LogP) is 2.92. The number of rotatable bonds is 7. The van der Waals surface area contributed by atoms with Crippen molar-refractivity contribution in [2.45, 2.75) is 19.1 Å². The van der Waals surface area contributed by atoms with Crippen LogP contribution >= 0.6 is 0 Å². The van der Waals surface area contributed by atoms with Gasteiger partial charge in [0, 0.05) is 5.56 Å². The minimum atomic E-state index is -4.31. The third-order valence-electron chi connectivity index (χ3n) is 2.49. The normalized spacial score (nSPS) is 13.3. The summed E-state index contributed by atoms with van der Waals surface area (Å²) in [5.74, 6) is 0.653. The maximum Gasteiger partial charge on any atom is 0.411 e. The van der Waals surface area contributed by atoms with Crippen molar-refractivity contribution in [1.29, 1.82) is 0 Å². The van der Waals surface area contributed by atoms with Crippen LogP contribution in [0.25, 0.3) is 0 Å². The molecule has 0 aliphatic rings. The van der Waals surface area contributed by atoms with Gasteiger partial charge in [0.05, 0.1) is 19.3 Å². The van der Waals surface area contributed by atoms with Crippen molar-refractivity contribution in [2.24, 2.45) is 0 Å². The van der Waals surface area contributed by atoms with E-state index >= 15 is 0 Å². The summed E-state index contributed by atoms with van der Waals surface area (Å²) in [5.41, 5.74) is 0.786. The Bertz CT molecular complexity index is 382. The zero-order chi connectivity index (χ0) is 14.3. The summed E-state index contributed by atoms with van der Waals surface area (Å²) in [6.07, 6.45) is -4.31. The number of para-hydroxylation sites is 1. The Morgan fingerprint density at radius 3 is 2.53 bits per heavy atom. The Morgan fingerprint density at radius 1 is 1.26 bits per heavy atom. The fourth-order valence-electron chi connectivity index (χ4n) is 1.68. The highest BCUT2D eigenvalue weighted by molar-refractivity contribution is 5.36. The van der Waals surface area contributed by atoms with E-state index in [0.29, 0.717) is 12.4 Å². The maximum absolute atomic E-state index is 12.0. The van der Waals surface area contributed by atoms with Gasteiger partial charge in [0.1, 0.15) is 12.4 Å². The van der Waals surface area contributed by atoms with Gasteiger partial charge in [-0.3, -0.25) is 0 Å². The fraction of sp³-hybridized carbons (Fsp3) is 0.538. The molecule has 0 saturated carbocycles. The molecule has 0 heterocycles. The van der Waals surface area contributed by atoms with Crippen LogP contribution in [0.5, 0.6) is 5.75 Å². The number of halogens is 3. The lowest BCUT2D eigenvalue weighted by Gasteiger charge is -2.20. The van der Waals surface area contributed by atoms with Crippen molar-refractivity contribution < 1.29 is 22.6 Å². The van der Waals surface area contributed by atoms with Crippen LogP contribution in [0, 0.1) is 0 Å². The lowest BCUT2D eigenvalue weighted by molar-refractivity contribution is -0.175. The summed E-state index contributed by atoms with van der Waals surface area (Å²) in [7, 11) is 1.67. The molecular formula is C13H18F3NO2. The molecule has 3 nitrogen and oxygen atoms in total. The summed E-state index contributed by atoms with van der Waals surface area (Å²) in [6.45, 7) is 1.03. The first-order valence-electron chi connectivity index (χ1n) is 6.01. The third-order valence-corrected chi connectivity index (χ3v) is 2.49. The standard InChI is InChI=1S/C13H18F3NO2/c1-3-19-12-7-5-4-6-10(12)11(17-2)8-18-9-13(14,15)16/h4-7,11,17H,3,8-9H2,1-2H3. The highest BCUT2D eigenvalue weighted by Crippen LogP contribution is 2.25. The van der Waals surface area contributed by atoms with Crippen LogP contribution in [0.2, 0.25) is 0 Å². The number of ether oxygens (including phenoxy) is 2. The van der Waals surface area contributed by atoms with E-state index < -0.39 is 12.8 Å². The SMILES string of the molecule is CCOc1ccccc1C(COCC(F)(F)F)NC. The van der Waals surface area contributed by atoms with Gasteiger partial charge < -0.3 is 14.8 Å². The number of nitrogens with one attached hydrogen (secondary N) is 1. The van der Waals surface area contributed by atoms with Gasteiger partial charge in [-0.2, -0.15) is 13.2 Å². The zero-order valence-electron chi connectivity index (χ0n) is 11.0. The highest BCUT2D eigenvalue weighted by Gasteiger charge is 2.28. The van der Waals surface area contributed by atoms with E-state index in [1.807, 2.05) is 25.1 Å². The van der Waals surface area contributed by atoms with E-state index in [0.717, 1.165) is 5.56 Å². The summed E-state index contributed by atoms with van der Waals surface area (Å²) in [5, 5.41) is 2.93. The maximum atomic E-state index is 12.0. The Balaban J connectivity index is 2.68. The van der Waals surface area contributed by atoms with Gasteiger partial charge in [-0.25, -0.2) is 0 Å². The van der Waals surface area contributed by atoms with Crippen molar-refractivity contribution >= 4 is 0 Å². The lowest BCUT2D eigenvalue weighted by atomic mass is 10.1. The molecule has 0 bridgehead atoms. The molecule has 0 amide bonds. The summed E-state index contributed by atoms with van der Waals surface area (Å²) in [4.78, 5) is 0. The number of likely N-dealkylation sites (N-methyl/N-ethyl adjacent to an activating group) is 1. The molecule has 0 radical (unpaired) electrons.